The van der Waals surface area contributed by atoms with E-state index < -0.39 is 10.9 Å². The number of carbonyl (C=O) groups excluding carboxylic acids is 1. The molecular weight excluding hydrogens is 264 g/mol. The van der Waals surface area contributed by atoms with E-state index in [4.69, 9.17) is 9.15 Å². The number of nitro benzene ring substituents is 1. The van der Waals surface area contributed by atoms with Crippen LogP contribution in [0.15, 0.2) is 29.0 Å². The van der Waals surface area contributed by atoms with Gasteiger partial charge in [0, 0.05) is 17.2 Å². The summed E-state index contributed by atoms with van der Waals surface area (Å²) in [5, 5.41) is 10.8. The summed E-state index contributed by atoms with van der Waals surface area (Å²) in [5.41, 5.74) is 1.07. The van der Waals surface area contributed by atoms with Gasteiger partial charge in [0.1, 0.15) is 0 Å². The zero-order valence-electron chi connectivity index (χ0n) is 11.0. The Bertz CT molecular complexity index is 663. The van der Waals surface area contributed by atoms with E-state index in [1.807, 2.05) is 0 Å². The Morgan fingerprint density at radius 2 is 2.25 bits per heavy atom. The molecule has 20 heavy (non-hydrogen) atoms. The van der Waals surface area contributed by atoms with Crippen molar-refractivity contribution in [2.75, 3.05) is 6.61 Å². The predicted molar refractivity (Wildman–Crippen MR) is 69.3 cm³/mol. The van der Waals surface area contributed by atoms with Gasteiger partial charge in [-0.1, -0.05) is 0 Å². The summed E-state index contributed by atoms with van der Waals surface area (Å²) in [6.07, 6.45) is 1.14. The number of oxazole rings is 1. The van der Waals surface area contributed by atoms with Crippen molar-refractivity contribution in [1.82, 2.24) is 4.98 Å². The zero-order valence-corrected chi connectivity index (χ0v) is 11.0. The molecule has 104 valence electrons. The molecule has 0 amide bonds. The van der Waals surface area contributed by atoms with Crippen molar-refractivity contribution in [1.29, 1.82) is 0 Å². The Hall–Kier alpha value is -2.70. The topological polar surface area (TPSA) is 95.5 Å². The summed E-state index contributed by atoms with van der Waals surface area (Å²) in [7, 11) is 0. The molecular formula is C13H12N2O5. The van der Waals surface area contributed by atoms with Crippen LogP contribution in [-0.4, -0.2) is 22.5 Å². The molecule has 1 aromatic heterocycles. The number of ether oxygens (including phenoxy) is 1. The third-order valence-electron chi connectivity index (χ3n) is 2.69. The van der Waals surface area contributed by atoms with E-state index in [9.17, 15) is 14.9 Å². The Balaban J connectivity index is 2.43. The average molecular weight is 276 g/mol. The fourth-order valence-corrected chi connectivity index (χ4v) is 1.80. The van der Waals surface area contributed by atoms with Crippen LogP contribution in [0, 0.1) is 17.0 Å². The first kappa shape index (κ1) is 13.7. The molecule has 0 radical (unpaired) electrons. The maximum absolute atomic E-state index is 11.7. The quantitative estimate of drug-likeness (QED) is 0.484. The summed E-state index contributed by atoms with van der Waals surface area (Å²) in [5.74, 6) is -0.353. The van der Waals surface area contributed by atoms with E-state index in [0.717, 1.165) is 6.39 Å². The van der Waals surface area contributed by atoms with Crippen LogP contribution in [0.5, 0.6) is 0 Å². The van der Waals surface area contributed by atoms with Gasteiger partial charge in [-0.2, -0.15) is 0 Å². The molecule has 1 heterocycles. The van der Waals surface area contributed by atoms with Gasteiger partial charge in [0.25, 0.3) is 5.69 Å². The number of aromatic nitrogens is 1. The van der Waals surface area contributed by atoms with Crippen LogP contribution in [0.4, 0.5) is 5.69 Å². The van der Waals surface area contributed by atoms with Crippen LogP contribution in [0.2, 0.25) is 0 Å². The third kappa shape index (κ3) is 2.51. The van der Waals surface area contributed by atoms with Crippen molar-refractivity contribution in [3.63, 3.8) is 0 Å². The molecule has 2 rings (SSSR count). The van der Waals surface area contributed by atoms with Crippen molar-refractivity contribution in [2.45, 2.75) is 13.8 Å². The van der Waals surface area contributed by atoms with Crippen LogP contribution >= 0.6 is 0 Å². The lowest BCUT2D eigenvalue weighted by Crippen LogP contribution is -2.06. The van der Waals surface area contributed by atoms with E-state index in [1.165, 1.54) is 12.1 Å². The van der Waals surface area contributed by atoms with E-state index in [2.05, 4.69) is 4.98 Å². The Morgan fingerprint density at radius 3 is 2.85 bits per heavy atom. The fraction of sp³-hybridized carbons (Fsp3) is 0.231. The van der Waals surface area contributed by atoms with Crippen molar-refractivity contribution in [3.8, 4) is 11.3 Å². The molecule has 0 unspecified atom stereocenters. The minimum absolute atomic E-state index is 0.00551. The minimum atomic E-state index is -0.591. The molecule has 0 bridgehead atoms. The lowest BCUT2D eigenvalue weighted by molar-refractivity contribution is -0.385. The van der Waals surface area contributed by atoms with E-state index >= 15 is 0 Å². The maximum Gasteiger partial charge on any atom is 0.360 e. The molecule has 0 N–H and O–H groups in total. The SMILES string of the molecule is CCOC(=O)c1ncoc1-c1ccc([N+](=O)[O-])c(C)c1. The van der Waals surface area contributed by atoms with Gasteiger partial charge < -0.3 is 9.15 Å². The van der Waals surface area contributed by atoms with Gasteiger partial charge in [0.05, 0.1) is 11.5 Å². The summed E-state index contributed by atoms with van der Waals surface area (Å²) >= 11 is 0. The third-order valence-corrected chi connectivity index (χ3v) is 2.69. The molecule has 0 fully saturated rings. The van der Waals surface area contributed by atoms with Crippen LogP contribution in [0.25, 0.3) is 11.3 Å². The van der Waals surface area contributed by atoms with Crippen molar-refractivity contribution >= 4 is 11.7 Å². The van der Waals surface area contributed by atoms with Gasteiger partial charge >= 0.3 is 5.97 Å². The predicted octanol–water partition coefficient (Wildman–Crippen LogP) is 2.73. The lowest BCUT2D eigenvalue weighted by atomic mass is 10.1. The minimum Gasteiger partial charge on any atom is -0.461 e. The molecule has 7 nitrogen and oxygen atoms in total. The molecule has 0 aliphatic carbocycles. The normalized spacial score (nSPS) is 10.3. The van der Waals surface area contributed by atoms with Gasteiger partial charge in [-0.3, -0.25) is 10.1 Å². The van der Waals surface area contributed by atoms with Crippen molar-refractivity contribution in [2.24, 2.45) is 0 Å². The number of hydrogen-bond donors (Lipinski definition) is 0. The van der Waals surface area contributed by atoms with Crippen molar-refractivity contribution in [3.05, 3.63) is 46.0 Å². The second-order valence-corrected chi connectivity index (χ2v) is 4.01. The number of esters is 1. The van der Waals surface area contributed by atoms with Crippen molar-refractivity contribution < 1.29 is 18.9 Å². The molecule has 2 aromatic rings. The van der Waals surface area contributed by atoms with Gasteiger partial charge in [0.2, 0.25) is 0 Å². The Morgan fingerprint density at radius 1 is 1.50 bits per heavy atom. The first-order chi connectivity index (χ1) is 9.54. The highest BCUT2D eigenvalue weighted by Crippen LogP contribution is 2.28. The zero-order chi connectivity index (χ0) is 14.7. The van der Waals surface area contributed by atoms with Gasteiger partial charge in [0.15, 0.2) is 17.8 Å². The maximum atomic E-state index is 11.7. The first-order valence-electron chi connectivity index (χ1n) is 5.90. The molecule has 0 aliphatic rings. The van der Waals surface area contributed by atoms with E-state index in [0.29, 0.717) is 11.1 Å². The largest absolute Gasteiger partial charge is 0.461 e. The molecule has 0 saturated carbocycles. The number of carbonyl (C=O) groups is 1. The summed E-state index contributed by atoms with van der Waals surface area (Å²) < 4.78 is 10.1. The second-order valence-electron chi connectivity index (χ2n) is 4.01. The lowest BCUT2D eigenvalue weighted by Gasteiger charge is -2.03. The molecule has 1 aromatic carbocycles. The number of benzene rings is 1. The first-order valence-corrected chi connectivity index (χ1v) is 5.90. The molecule has 0 saturated heterocycles. The van der Waals surface area contributed by atoms with Gasteiger partial charge in [-0.25, -0.2) is 9.78 Å². The highest BCUT2D eigenvalue weighted by atomic mass is 16.6. The van der Waals surface area contributed by atoms with E-state index in [-0.39, 0.29) is 23.7 Å². The number of nitrogens with zero attached hydrogens (tertiary/aromatic N) is 2. The number of hydrogen-bond acceptors (Lipinski definition) is 6. The number of rotatable bonds is 4. The standard InChI is InChI=1S/C13H12N2O5/c1-3-19-13(16)11-12(20-7-14-11)9-4-5-10(15(17)18)8(2)6-9/h4-7H,3H2,1-2H3. The number of nitro groups is 1. The molecule has 7 heteroatoms. The highest BCUT2D eigenvalue weighted by Gasteiger charge is 2.21. The number of aryl methyl sites for hydroxylation is 1. The molecule has 0 spiro atoms. The average Bonchev–Trinajstić information content (AvgIpc) is 2.87. The Labute approximate surface area is 114 Å². The van der Waals surface area contributed by atoms with Crippen LogP contribution < -0.4 is 0 Å². The van der Waals surface area contributed by atoms with Crippen LogP contribution in [0.1, 0.15) is 23.0 Å². The fourth-order valence-electron chi connectivity index (χ4n) is 1.80. The van der Waals surface area contributed by atoms with Crippen LogP contribution in [0.3, 0.4) is 0 Å². The van der Waals surface area contributed by atoms with Gasteiger partial charge in [-0.15, -0.1) is 0 Å². The van der Waals surface area contributed by atoms with Gasteiger partial charge in [-0.05, 0) is 26.0 Å². The van der Waals surface area contributed by atoms with Crippen LogP contribution in [-0.2, 0) is 4.74 Å². The molecule has 0 aliphatic heterocycles. The Kier molecular flexibility index (Phi) is 3.79. The van der Waals surface area contributed by atoms with E-state index in [1.54, 1.807) is 19.9 Å². The smallest absolute Gasteiger partial charge is 0.360 e. The summed E-state index contributed by atoms with van der Waals surface area (Å²) in [4.78, 5) is 25.8. The second kappa shape index (κ2) is 5.52. The summed E-state index contributed by atoms with van der Waals surface area (Å²) in [6, 6.07) is 4.44. The monoisotopic (exact) mass is 276 g/mol. The summed E-state index contributed by atoms with van der Waals surface area (Å²) in [6.45, 7) is 3.53. The molecule has 0 atom stereocenters. The highest BCUT2D eigenvalue weighted by molar-refractivity contribution is 5.93.